The van der Waals surface area contributed by atoms with Crippen LogP contribution >= 0.6 is 0 Å². The minimum absolute atomic E-state index is 0.0198. The molecule has 9 heteroatoms. The fraction of sp³-hybridized carbons (Fsp3) is 0.727. The molecule has 20 heavy (non-hydrogen) atoms. The van der Waals surface area contributed by atoms with Crippen molar-refractivity contribution in [3.8, 4) is 0 Å². The van der Waals surface area contributed by atoms with Crippen molar-refractivity contribution < 1.29 is 18.3 Å². The monoisotopic (exact) mass is 302 g/mol. The molecular formula is C11H18N4O4S. The van der Waals surface area contributed by atoms with Gasteiger partial charge in [0.2, 0.25) is 5.91 Å². The summed E-state index contributed by atoms with van der Waals surface area (Å²) in [5.74, 6) is -0.225. The van der Waals surface area contributed by atoms with E-state index in [1.54, 1.807) is 13.1 Å². The Morgan fingerprint density at radius 2 is 2.35 bits per heavy atom. The number of nitrogens with one attached hydrogen (secondary N) is 1. The highest BCUT2D eigenvalue weighted by atomic mass is 32.2. The van der Waals surface area contributed by atoms with E-state index in [9.17, 15) is 13.2 Å². The molecule has 2 rings (SSSR count). The molecule has 1 amide bonds. The maximum absolute atomic E-state index is 11.9. The molecule has 0 bridgehead atoms. The van der Waals surface area contributed by atoms with Crippen molar-refractivity contribution >= 4 is 15.7 Å². The Balaban J connectivity index is 1.92. The quantitative estimate of drug-likeness (QED) is 0.684. The standard InChI is InChI=1S/C11H18N4O4S/c1-11(3-5-20(18,19)8-11)12-10(17)7-15-6-9(2-4-16)13-14-15/h6,16H,2-5,7-8H2,1H3,(H,12,17). The molecule has 1 aromatic rings. The summed E-state index contributed by atoms with van der Waals surface area (Å²) in [4.78, 5) is 11.9. The lowest BCUT2D eigenvalue weighted by Gasteiger charge is -2.23. The first-order valence-electron chi connectivity index (χ1n) is 6.33. The van der Waals surface area contributed by atoms with E-state index < -0.39 is 15.4 Å². The highest BCUT2D eigenvalue weighted by Crippen LogP contribution is 2.22. The van der Waals surface area contributed by atoms with E-state index in [4.69, 9.17) is 5.11 Å². The molecule has 2 heterocycles. The molecule has 2 N–H and O–H groups in total. The van der Waals surface area contributed by atoms with Gasteiger partial charge in [0.15, 0.2) is 9.84 Å². The van der Waals surface area contributed by atoms with E-state index in [-0.39, 0.29) is 30.6 Å². The third-order valence-corrected chi connectivity index (χ3v) is 5.11. The van der Waals surface area contributed by atoms with Crippen molar-refractivity contribution in [1.82, 2.24) is 20.3 Å². The lowest BCUT2D eigenvalue weighted by Crippen LogP contribution is -2.48. The predicted octanol–water partition coefficient (Wildman–Crippen LogP) is -1.49. The van der Waals surface area contributed by atoms with Crippen LogP contribution in [-0.4, -0.2) is 58.1 Å². The molecule has 1 atom stereocenters. The number of hydrogen-bond acceptors (Lipinski definition) is 6. The summed E-state index contributed by atoms with van der Waals surface area (Å²) in [5, 5.41) is 19.1. The lowest BCUT2D eigenvalue weighted by molar-refractivity contribution is -0.123. The zero-order valence-corrected chi connectivity index (χ0v) is 12.1. The van der Waals surface area contributed by atoms with Crippen LogP contribution < -0.4 is 5.32 Å². The van der Waals surface area contributed by atoms with Crippen molar-refractivity contribution in [2.75, 3.05) is 18.1 Å². The summed E-state index contributed by atoms with van der Waals surface area (Å²) in [7, 11) is -3.05. The largest absolute Gasteiger partial charge is 0.396 e. The van der Waals surface area contributed by atoms with Gasteiger partial charge in [0.1, 0.15) is 6.54 Å². The average molecular weight is 302 g/mol. The van der Waals surface area contributed by atoms with Gasteiger partial charge in [0, 0.05) is 19.2 Å². The van der Waals surface area contributed by atoms with E-state index in [1.807, 2.05) is 0 Å². The maximum atomic E-state index is 11.9. The number of carbonyl (C=O) groups excluding carboxylic acids is 1. The van der Waals surface area contributed by atoms with Gasteiger partial charge in [0.05, 0.1) is 22.7 Å². The van der Waals surface area contributed by atoms with Crippen LogP contribution in [0.4, 0.5) is 0 Å². The second kappa shape index (κ2) is 5.49. The first-order valence-corrected chi connectivity index (χ1v) is 8.15. The number of nitrogens with zero attached hydrogens (tertiary/aromatic N) is 3. The van der Waals surface area contributed by atoms with Crippen molar-refractivity contribution in [2.24, 2.45) is 0 Å². The summed E-state index contributed by atoms with van der Waals surface area (Å²) in [6.07, 6.45) is 2.40. The molecule has 1 aliphatic heterocycles. The minimum Gasteiger partial charge on any atom is -0.396 e. The fourth-order valence-corrected chi connectivity index (χ4v) is 4.37. The molecule has 0 spiro atoms. The Kier molecular flexibility index (Phi) is 4.09. The van der Waals surface area contributed by atoms with Crippen LogP contribution in [0.1, 0.15) is 19.0 Å². The number of aliphatic hydroxyl groups excluding tert-OH is 1. The van der Waals surface area contributed by atoms with Gasteiger partial charge in [-0.05, 0) is 13.3 Å². The number of amides is 1. The number of aliphatic hydroxyl groups is 1. The molecule has 112 valence electrons. The van der Waals surface area contributed by atoms with Gasteiger partial charge in [-0.3, -0.25) is 4.79 Å². The predicted molar refractivity (Wildman–Crippen MR) is 70.6 cm³/mol. The lowest BCUT2D eigenvalue weighted by atomic mass is 10.0. The van der Waals surface area contributed by atoms with Gasteiger partial charge in [-0.1, -0.05) is 5.21 Å². The van der Waals surface area contributed by atoms with E-state index in [1.165, 1.54) is 4.68 Å². The van der Waals surface area contributed by atoms with E-state index in [2.05, 4.69) is 15.6 Å². The molecular weight excluding hydrogens is 284 g/mol. The third kappa shape index (κ3) is 3.76. The van der Waals surface area contributed by atoms with Gasteiger partial charge in [-0.15, -0.1) is 5.10 Å². The van der Waals surface area contributed by atoms with Gasteiger partial charge >= 0.3 is 0 Å². The van der Waals surface area contributed by atoms with E-state index in [0.29, 0.717) is 18.5 Å². The second-order valence-electron chi connectivity index (χ2n) is 5.33. The number of rotatable bonds is 5. The zero-order valence-electron chi connectivity index (χ0n) is 11.2. The molecule has 1 unspecified atom stereocenters. The molecule has 1 saturated heterocycles. The zero-order chi connectivity index (χ0) is 14.8. The Morgan fingerprint density at radius 1 is 1.60 bits per heavy atom. The fourth-order valence-electron chi connectivity index (χ4n) is 2.28. The van der Waals surface area contributed by atoms with Crippen molar-refractivity contribution in [1.29, 1.82) is 0 Å². The highest BCUT2D eigenvalue weighted by molar-refractivity contribution is 7.91. The Labute approximate surface area is 117 Å². The summed E-state index contributed by atoms with van der Waals surface area (Å²) >= 11 is 0. The molecule has 8 nitrogen and oxygen atoms in total. The summed E-state index contributed by atoms with van der Waals surface area (Å²) < 4.78 is 24.3. The van der Waals surface area contributed by atoms with Gasteiger partial charge < -0.3 is 10.4 Å². The van der Waals surface area contributed by atoms with Crippen LogP contribution in [0, 0.1) is 0 Å². The van der Waals surface area contributed by atoms with Crippen LogP contribution in [0.25, 0.3) is 0 Å². The number of carbonyl (C=O) groups is 1. The van der Waals surface area contributed by atoms with Gasteiger partial charge in [-0.25, -0.2) is 13.1 Å². The third-order valence-electron chi connectivity index (χ3n) is 3.20. The Morgan fingerprint density at radius 3 is 2.95 bits per heavy atom. The Bertz CT molecular complexity index is 597. The minimum atomic E-state index is -3.05. The van der Waals surface area contributed by atoms with Crippen molar-refractivity contribution in [2.45, 2.75) is 31.8 Å². The number of sulfone groups is 1. The summed E-state index contributed by atoms with van der Waals surface area (Å²) in [5.41, 5.74) is -0.0975. The van der Waals surface area contributed by atoms with Crippen LogP contribution in [-0.2, 0) is 27.6 Å². The first-order chi connectivity index (χ1) is 9.32. The Hall–Kier alpha value is -1.48. The van der Waals surface area contributed by atoms with Crippen LogP contribution in [0.5, 0.6) is 0 Å². The second-order valence-corrected chi connectivity index (χ2v) is 7.52. The van der Waals surface area contributed by atoms with Crippen molar-refractivity contribution in [3.05, 3.63) is 11.9 Å². The van der Waals surface area contributed by atoms with Crippen LogP contribution in [0.15, 0.2) is 6.20 Å². The SMILES string of the molecule is CC1(NC(=O)Cn2cc(CCO)nn2)CCS(=O)(=O)C1. The van der Waals surface area contributed by atoms with E-state index >= 15 is 0 Å². The molecule has 0 radical (unpaired) electrons. The van der Waals surface area contributed by atoms with Crippen LogP contribution in [0.2, 0.25) is 0 Å². The first kappa shape index (κ1) is 14.9. The number of hydrogen-bond donors (Lipinski definition) is 2. The topological polar surface area (TPSA) is 114 Å². The normalized spacial score (nSPS) is 24.7. The van der Waals surface area contributed by atoms with Gasteiger partial charge in [-0.2, -0.15) is 0 Å². The molecule has 1 fully saturated rings. The summed E-state index contributed by atoms with van der Waals surface area (Å²) in [6, 6.07) is 0. The summed E-state index contributed by atoms with van der Waals surface area (Å²) in [6.45, 7) is 1.68. The molecule has 1 aliphatic rings. The molecule has 1 aromatic heterocycles. The van der Waals surface area contributed by atoms with Crippen molar-refractivity contribution in [3.63, 3.8) is 0 Å². The average Bonchev–Trinajstić information content (AvgIpc) is 2.84. The molecule has 0 aliphatic carbocycles. The smallest absolute Gasteiger partial charge is 0.242 e. The molecule has 0 aromatic carbocycles. The number of aromatic nitrogens is 3. The van der Waals surface area contributed by atoms with Crippen LogP contribution in [0.3, 0.4) is 0 Å². The highest BCUT2D eigenvalue weighted by Gasteiger charge is 2.39. The van der Waals surface area contributed by atoms with E-state index in [0.717, 1.165) is 0 Å². The molecule has 0 saturated carbocycles. The maximum Gasteiger partial charge on any atom is 0.242 e. The van der Waals surface area contributed by atoms with Gasteiger partial charge in [0.25, 0.3) is 0 Å².